The second kappa shape index (κ2) is 12.1. The molecule has 2 amide bonds. The van der Waals surface area contributed by atoms with Crippen LogP contribution < -0.4 is 16.4 Å². The minimum atomic E-state index is -1.37. The Bertz CT molecular complexity index is 542. The van der Waals surface area contributed by atoms with E-state index in [-0.39, 0.29) is 31.4 Å². The second-order valence-corrected chi connectivity index (χ2v) is 6.30. The normalized spacial score (nSPS) is 13.9. The lowest BCUT2D eigenvalue weighted by Crippen LogP contribution is -2.45. The van der Waals surface area contributed by atoms with Gasteiger partial charge in [0.25, 0.3) is 0 Å². The zero-order valence-corrected chi connectivity index (χ0v) is 15.0. The summed E-state index contributed by atoms with van der Waals surface area (Å²) in [5.74, 6) is -5.05. The summed E-state index contributed by atoms with van der Waals surface area (Å²) in [7, 11) is 0. The predicted octanol–water partition coefficient (Wildman–Crippen LogP) is -1.54. The number of amides is 2. The Labute approximate surface area is 153 Å². The first-order valence-electron chi connectivity index (χ1n) is 7.60. The van der Waals surface area contributed by atoms with Gasteiger partial charge in [-0.05, 0) is 19.1 Å². The van der Waals surface area contributed by atoms with Gasteiger partial charge in [0.2, 0.25) is 11.8 Å². The summed E-state index contributed by atoms with van der Waals surface area (Å²) in [5.41, 5.74) is 5.25. The molecule has 0 unspecified atom stereocenters. The van der Waals surface area contributed by atoms with Gasteiger partial charge in [0.1, 0.15) is 18.1 Å². The van der Waals surface area contributed by atoms with Crippen LogP contribution in [0.3, 0.4) is 0 Å². The highest BCUT2D eigenvalue weighted by atomic mass is 32.2. The Kier molecular flexibility index (Phi) is 11.0. The van der Waals surface area contributed by atoms with Crippen LogP contribution in [0.5, 0.6) is 0 Å². The van der Waals surface area contributed by atoms with Crippen LogP contribution in [0.2, 0.25) is 0 Å². The van der Waals surface area contributed by atoms with Crippen LogP contribution in [0, 0.1) is 0 Å². The van der Waals surface area contributed by atoms with Gasteiger partial charge in [0, 0.05) is 18.6 Å². The molecule has 0 aromatic rings. The lowest BCUT2D eigenvalue weighted by Gasteiger charge is -2.16. The van der Waals surface area contributed by atoms with Crippen molar-refractivity contribution >= 4 is 41.5 Å². The highest BCUT2D eigenvalue weighted by molar-refractivity contribution is 7.98. The van der Waals surface area contributed by atoms with Crippen molar-refractivity contribution < 1.29 is 39.3 Å². The van der Waals surface area contributed by atoms with Gasteiger partial charge >= 0.3 is 17.9 Å². The third kappa shape index (κ3) is 9.84. The summed E-state index contributed by atoms with van der Waals surface area (Å²) in [6.07, 6.45) is 0.684. The molecule has 3 atom stereocenters. The average Bonchev–Trinajstić information content (AvgIpc) is 2.55. The lowest BCUT2D eigenvalue weighted by molar-refractivity contribution is -0.143. The van der Waals surface area contributed by atoms with Gasteiger partial charge in [-0.3, -0.25) is 14.4 Å². The monoisotopic (exact) mass is 393 g/mol. The Morgan fingerprint density at radius 3 is 1.73 bits per heavy atom. The van der Waals surface area contributed by atoms with Crippen LogP contribution in [0.1, 0.15) is 25.7 Å². The summed E-state index contributed by atoms with van der Waals surface area (Å²) in [6.45, 7) is 0. The first-order chi connectivity index (χ1) is 12.1. The van der Waals surface area contributed by atoms with Crippen LogP contribution in [0.4, 0.5) is 0 Å². The molecule has 0 aromatic carbocycles. The van der Waals surface area contributed by atoms with Crippen molar-refractivity contribution in [2.45, 2.75) is 43.8 Å². The summed E-state index contributed by atoms with van der Waals surface area (Å²) in [4.78, 5) is 56.1. The molecule has 0 aliphatic rings. The van der Waals surface area contributed by atoms with Crippen LogP contribution in [0.25, 0.3) is 0 Å². The summed E-state index contributed by atoms with van der Waals surface area (Å²) >= 11 is 1.23. The van der Waals surface area contributed by atoms with Crippen molar-refractivity contribution in [3.8, 4) is 0 Å². The van der Waals surface area contributed by atoms with Crippen molar-refractivity contribution in [2.75, 3.05) is 12.0 Å². The molecule has 0 saturated heterocycles. The molecule has 0 rings (SSSR count). The van der Waals surface area contributed by atoms with Gasteiger partial charge in [-0.2, -0.15) is 11.8 Å². The van der Waals surface area contributed by atoms with Crippen LogP contribution >= 0.6 is 11.8 Å². The standard InChI is InChI=1S/C14H23N3O8S/c1-26-6-9(14(24)25)17-11(19)5-3-8(13(22)23)16-10(18)4-2-7(15)12(20)21/h7-9H,2-6,15H2,1H3,(H,16,18)(H,17,19)(H,20,21)(H,22,23)(H,24,25)/t7-,8-,9+/m1/s1. The molecule has 148 valence electrons. The van der Waals surface area contributed by atoms with Gasteiger partial charge in [-0.1, -0.05) is 0 Å². The van der Waals surface area contributed by atoms with E-state index in [9.17, 15) is 24.0 Å². The van der Waals surface area contributed by atoms with Gasteiger partial charge in [-0.25, -0.2) is 9.59 Å². The fraction of sp³-hybridized carbons (Fsp3) is 0.643. The molecule has 0 radical (unpaired) electrons. The average molecular weight is 393 g/mol. The fourth-order valence-corrected chi connectivity index (χ4v) is 2.38. The molecule has 7 N–H and O–H groups in total. The number of nitrogens with one attached hydrogen (secondary N) is 2. The van der Waals surface area contributed by atoms with Crippen LogP contribution in [0.15, 0.2) is 0 Å². The number of nitrogens with two attached hydrogens (primary N) is 1. The molecular formula is C14H23N3O8S. The minimum absolute atomic E-state index is 0.157. The lowest BCUT2D eigenvalue weighted by atomic mass is 10.1. The van der Waals surface area contributed by atoms with Crippen molar-refractivity contribution in [1.29, 1.82) is 0 Å². The Balaban J connectivity index is 4.48. The molecule has 26 heavy (non-hydrogen) atoms. The maximum atomic E-state index is 11.8. The maximum absolute atomic E-state index is 11.8. The third-order valence-electron chi connectivity index (χ3n) is 3.26. The third-order valence-corrected chi connectivity index (χ3v) is 3.93. The van der Waals surface area contributed by atoms with E-state index in [1.54, 1.807) is 6.26 Å². The first-order valence-corrected chi connectivity index (χ1v) is 8.99. The largest absolute Gasteiger partial charge is 0.480 e. The quantitative estimate of drug-likeness (QED) is 0.213. The van der Waals surface area contributed by atoms with Gasteiger partial charge in [-0.15, -0.1) is 0 Å². The molecular weight excluding hydrogens is 370 g/mol. The summed E-state index contributed by atoms with van der Waals surface area (Å²) < 4.78 is 0. The molecule has 0 aliphatic heterocycles. The number of hydrogen-bond donors (Lipinski definition) is 6. The fourth-order valence-electron chi connectivity index (χ4n) is 1.82. The molecule has 11 nitrogen and oxygen atoms in total. The Hall–Kier alpha value is -2.34. The van der Waals surface area contributed by atoms with Crippen molar-refractivity contribution in [2.24, 2.45) is 5.73 Å². The summed E-state index contributed by atoms with van der Waals surface area (Å²) in [5, 5.41) is 31.1. The SMILES string of the molecule is CSC[C@H](NC(=O)CC[C@@H](NC(=O)CC[C@@H](N)C(=O)O)C(=O)O)C(=O)O. The van der Waals surface area contributed by atoms with Gasteiger partial charge in [0.05, 0.1) is 0 Å². The number of aliphatic carboxylic acids is 3. The van der Waals surface area contributed by atoms with E-state index >= 15 is 0 Å². The molecule has 0 saturated carbocycles. The Morgan fingerprint density at radius 2 is 1.31 bits per heavy atom. The number of hydrogen-bond acceptors (Lipinski definition) is 7. The summed E-state index contributed by atoms with van der Waals surface area (Å²) in [6, 6.07) is -3.69. The molecule has 0 heterocycles. The number of carboxylic acid groups (broad SMARTS) is 3. The zero-order valence-electron chi connectivity index (χ0n) is 14.1. The molecule has 0 spiro atoms. The zero-order chi connectivity index (χ0) is 20.3. The predicted molar refractivity (Wildman–Crippen MR) is 91.6 cm³/mol. The number of thioether (sulfide) groups is 1. The van der Waals surface area contributed by atoms with Crippen molar-refractivity contribution in [3.63, 3.8) is 0 Å². The number of rotatable bonds is 13. The first kappa shape index (κ1) is 23.7. The number of carbonyl (C=O) groups is 5. The maximum Gasteiger partial charge on any atom is 0.327 e. The molecule has 0 aliphatic carbocycles. The molecule has 12 heteroatoms. The number of carbonyl (C=O) groups excluding carboxylic acids is 2. The van der Waals surface area contributed by atoms with E-state index in [4.69, 9.17) is 21.1 Å². The molecule has 0 fully saturated rings. The second-order valence-electron chi connectivity index (χ2n) is 5.39. The van der Waals surface area contributed by atoms with Crippen LogP contribution in [-0.2, 0) is 24.0 Å². The smallest absolute Gasteiger partial charge is 0.327 e. The number of carboxylic acids is 3. The van der Waals surface area contributed by atoms with Crippen molar-refractivity contribution in [3.05, 3.63) is 0 Å². The molecule has 0 aromatic heterocycles. The van der Waals surface area contributed by atoms with Crippen molar-refractivity contribution in [1.82, 2.24) is 10.6 Å². The van der Waals surface area contributed by atoms with Gasteiger partial charge < -0.3 is 31.7 Å². The van der Waals surface area contributed by atoms with E-state index in [1.165, 1.54) is 11.8 Å². The van der Waals surface area contributed by atoms with Crippen LogP contribution in [-0.4, -0.2) is 75.2 Å². The molecule has 0 bridgehead atoms. The van der Waals surface area contributed by atoms with Gasteiger partial charge in [0.15, 0.2) is 0 Å². The Morgan fingerprint density at radius 1 is 0.846 bits per heavy atom. The van der Waals surface area contributed by atoms with E-state index in [1.807, 2.05) is 0 Å². The van der Waals surface area contributed by atoms with E-state index in [0.29, 0.717) is 0 Å². The topological polar surface area (TPSA) is 196 Å². The van der Waals surface area contributed by atoms with E-state index < -0.39 is 47.8 Å². The minimum Gasteiger partial charge on any atom is -0.480 e. The van der Waals surface area contributed by atoms with E-state index in [0.717, 1.165) is 0 Å². The highest BCUT2D eigenvalue weighted by Crippen LogP contribution is 2.03. The highest BCUT2D eigenvalue weighted by Gasteiger charge is 2.24. The van der Waals surface area contributed by atoms with E-state index in [2.05, 4.69) is 10.6 Å².